The van der Waals surface area contributed by atoms with Gasteiger partial charge in [-0.25, -0.2) is 0 Å². The molecule has 1 fully saturated rings. The van der Waals surface area contributed by atoms with Crippen molar-refractivity contribution in [3.05, 3.63) is 42.1 Å². The van der Waals surface area contributed by atoms with Crippen LogP contribution in [0.5, 0.6) is 0 Å². The van der Waals surface area contributed by atoms with E-state index in [9.17, 15) is 4.79 Å². The van der Waals surface area contributed by atoms with Crippen LogP contribution in [-0.2, 0) is 4.79 Å². The predicted molar refractivity (Wildman–Crippen MR) is 83.7 cm³/mol. The van der Waals surface area contributed by atoms with Crippen molar-refractivity contribution in [2.24, 2.45) is 5.73 Å². The fourth-order valence-electron chi connectivity index (χ4n) is 3.29. The third-order valence-corrected chi connectivity index (χ3v) is 4.22. The molecule has 2 atom stereocenters. The molecule has 1 aliphatic heterocycles. The molecular weight excluding hydrogens is 262 g/mol. The molecule has 2 N–H and O–H groups in total. The van der Waals surface area contributed by atoms with Gasteiger partial charge in [0, 0.05) is 35.7 Å². The number of nitrogens with zero attached hydrogens (tertiary/aromatic N) is 2. The van der Waals surface area contributed by atoms with Gasteiger partial charge in [-0.2, -0.15) is 0 Å². The number of carbonyl (C=O) groups is 1. The summed E-state index contributed by atoms with van der Waals surface area (Å²) in [6, 6.07) is 10.1. The molecule has 1 amide bonds. The highest BCUT2D eigenvalue weighted by Gasteiger charge is 2.37. The molecule has 1 aliphatic rings. The third-order valence-electron chi connectivity index (χ3n) is 4.22. The average Bonchev–Trinajstić information content (AvgIpc) is 2.48. The zero-order chi connectivity index (χ0) is 15.0. The maximum atomic E-state index is 12.4. The Morgan fingerprint density at radius 3 is 2.81 bits per heavy atom. The van der Waals surface area contributed by atoms with Crippen molar-refractivity contribution < 1.29 is 4.79 Å². The summed E-state index contributed by atoms with van der Waals surface area (Å²) in [6.07, 6.45) is 3.06. The normalized spacial score (nSPS) is 23.0. The van der Waals surface area contributed by atoms with Crippen molar-refractivity contribution in [2.45, 2.75) is 44.8 Å². The van der Waals surface area contributed by atoms with E-state index in [1.165, 1.54) is 0 Å². The third kappa shape index (κ3) is 2.40. The topological polar surface area (TPSA) is 59.2 Å². The van der Waals surface area contributed by atoms with E-state index >= 15 is 0 Å². The van der Waals surface area contributed by atoms with Gasteiger partial charge in [0.15, 0.2) is 0 Å². The van der Waals surface area contributed by atoms with Crippen LogP contribution in [0.2, 0.25) is 0 Å². The van der Waals surface area contributed by atoms with E-state index in [1.807, 2.05) is 49.1 Å². The van der Waals surface area contributed by atoms with E-state index in [2.05, 4.69) is 4.98 Å². The molecule has 0 radical (unpaired) electrons. The summed E-state index contributed by atoms with van der Waals surface area (Å²) in [4.78, 5) is 18.8. The molecule has 1 aromatic heterocycles. The number of amides is 1. The predicted octanol–water partition coefficient (Wildman–Crippen LogP) is 2.63. The van der Waals surface area contributed by atoms with E-state index in [4.69, 9.17) is 5.73 Å². The first-order valence-electron chi connectivity index (χ1n) is 7.50. The van der Waals surface area contributed by atoms with Crippen LogP contribution in [0.1, 0.15) is 38.3 Å². The molecule has 4 heteroatoms. The van der Waals surface area contributed by atoms with Crippen LogP contribution >= 0.6 is 0 Å². The summed E-state index contributed by atoms with van der Waals surface area (Å²) in [5, 5.41) is 1.09. The molecule has 21 heavy (non-hydrogen) atoms. The minimum absolute atomic E-state index is 0.0438. The summed E-state index contributed by atoms with van der Waals surface area (Å²) in [7, 11) is 0. The minimum atomic E-state index is -0.0927. The lowest BCUT2D eigenvalue weighted by atomic mass is 9.88. The number of para-hydroxylation sites is 1. The Morgan fingerprint density at radius 2 is 2.05 bits per heavy atom. The molecule has 4 nitrogen and oxygen atoms in total. The summed E-state index contributed by atoms with van der Waals surface area (Å²) in [5.74, 6) is 0.185. The van der Waals surface area contributed by atoms with Crippen molar-refractivity contribution >= 4 is 16.8 Å². The van der Waals surface area contributed by atoms with Gasteiger partial charge in [0.05, 0.1) is 11.6 Å². The van der Waals surface area contributed by atoms with Gasteiger partial charge in [-0.3, -0.25) is 9.78 Å². The number of pyridine rings is 1. The van der Waals surface area contributed by atoms with Gasteiger partial charge >= 0.3 is 0 Å². The largest absolute Gasteiger partial charge is 0.332 e. The van der Waals surface area contributed by atoms with Crippen LogP contribution in [0, 0.1) is 0 Å². The molecule has 3 rings (SSSR count). The van der Waals surface area contributed by atoms with Gasteiger partial charge in [-0.05, 0) is 26.3 Å². The second kappa shape index (κ2) is 5.45. The summed E-state index contributed by atoms with van der Waals surface area (Å²) < 4.78 is 0. The van der Waals surface area contributed by atoms with Crippen molar-refractivity contribution in [3.63, 3.8) is 0 Å². The lowest BCUT2D eigenvalue weighted by Gasteiger charge is -2.42. The number of piperidine rings is 1. The summed E-state index contributed by atoms with van der Waals surface area (Å²) in [5.41, 5.74) is 8.37. The van der Waals surface area contributed by atoms with Crippen molar-refractivity contribution in [3.8, 4) is 0 Å². The number of fused-ring (bicyclic) bond motifs is 1. The first-order valence-corrected chi connectivity index (χ1v) is 7.50. The molecule has 0 spiro atoms. The molecule has 2 unspecified atom stereocenters. The Kier molecular flexibility index (Phi) is 3.64. The number of hydrogen-bond acceptors (Lipinski definition) is 3. The lowest BCUT2D eigenvalue weighted by Crippen LogP contribution is -2.51. The van der Waals surface area contributed by atoms with Crippen LogP contribution < -0.4 is 5.73 Å². The van der Waals surface area contributed by atoms with Gasteiger partial charge in [0.2, 0.25) is 5.91 Å². The molecule has 2 aromatic rings. The number of carbonyl (C=O) groups excluding carboxylic acids is 1. The number of rotatable bonds is 2. The number of nitrogens with two attached hydrogens (primary N) is 1. The van der Waals surface area contributed by atoms with Gasteiger partial charge in [0.1, 0.15) is 0 Å². The zero-order valence-corrected chi connectivity index (χ0v) is 12.5. The van der Waals surface area contributed by atoms with E-state index in [-0.39, 0.29) is 24.0 Å². The Hall–Kier alpha value is -1.94. The second-order valence-corrected chi connectivity index (χ2v) is 5.96. The van der Waals surface area contributed by atoms with Crippen molar-refractivity contribution in [2.75, 3.05) is 0 Å². The fourth-order valence-corrected chi connectivity index (χ4v) is 3.29. The molecule has 0 aliphatic carbocycles. The lowest BCUT2D eigenvalue weighted by molar-refractivity contribution is -0.139. The molecule has 0 bridgehead atoms. The van der Waals surface area contributed by atoms with Crippen LogP contribution in [0.25, 0.3) is 10.9 Å². The smallest absolute Gasteiger partial charge is 0.223 e. The van der Waals surface area contributed by atoms with E-state index in [1.54, 1.807) is 6.20 Å². The maximum Gasteiger partial charge on any atom is 0.223 e. The maximum absolute atomic E-state index is 12.4. The highest BCUT2D eigenvalue weighted by Crippen LogP contribution is 2.35. The van der Waals surface area contributed by atoms with Crippen molar-refractivity contribution in [1.29, 1.82) is 0 Å². The number of aromatic nitrogens is 1. The van der Waals surface area contributed by atoms with Crippen LogP contribution in [-0.4, -0.2) is 27.9 Å². The standard InChI is InChI=1S/C17H21N3O/c1-11(2)20-15(21)9-8-14(18)17(20)13-7-3-5-12-6-4-10-19-16(12)13/h3-7,10-11,14,17H,8-9,18H2,1-2H3. The van der Waals surface area contributed by atoms with E-state index in [0.29, 0.717) is 6.42 Å². The minimum Gasteiger partial charge on any atom is -0.332 e. The average molecular weight is 283 g/mol. The molecule has 1 aromatic carbocycles. The quantitative estimate of drug-likeness (QED) is 0.921. The summed E-state index contributed by atoms with van der Waals surface area (Å²) in [6.45, 7) is 4.09. The highest BCUT2D eigenvalue weighted by atomic mass is 16.2. The second-order valence-electron chi connectivity index (χ2n) is 5.96. The molecular formula is C17H21N3O. The van der Waals surface area contributed by atoms with Crippen LogP contribution in [0.3, 0.4) is 0 Å². The highest BCUT2D eigenvalue weighted by molar-refractivity contribution is 5.84. The Morgan fingerprint density at radius 1 is 1.29 bits per heavy atom. The Balaban J connectivity index is 2.16. The van der Waals surface area contributed by atoms with E-state index < -0.39 is 0 Å². The van der Waals surface area contributed by atoms with Gasteiger partial charge in [-0.15, -0.1) is 0 Å². The number of benzene rings is 1. The van der Waals surface area contributed by atoms with Crippen LogP contribution in [0.15, 0.2) is 36.5 Å². The molecule has 2 heterocycles. The SMILES string of the molecule is CC(C)N1C(=O)CCC(N)C1c1cccc2cccnc12. The van der Waals surface area contributed by atoms with Crippen molar-refractivity contribution in [1.82, 2.24) is 9.88 Å². The Bertz CT molecular complexity index is 663. The number of hydrogen-bond donors (Lipinski definition) is 1. The zero-order valence-electron chi connectivity index (χ0n) is 12.5. The monoisotopic (exact) mass is 283 g/mol. The fraction of sp³-hybridized carbons (Fsp3) is 0.412. The molecule has 110 valence electrons. The first-order chi connectivity index (χ1) is 10.1. The van der Waals surface area contributed by atoms with Gasteiger partial charge < -0.3 is 10.6 Å². The number of likely N-dealkylation sites (tertiary alicyclic amines) is 1. The van der Waals surface area contributed by atoms with Gasteiger partial charge in [-0.1, -0.05) is 24.3 Å². The molecule has 1 saturated heterocycles. The first kappa shape index (κ1) is 14.0. The summed E-state index contributed by atoms with van der Waals surface area (Å²) >= 11 is 0. The van der Waals surface area contributed by atoms with Gasteiger partial charge in [0.25, 0.3) is 0 Å². The Labute approximate surface area is 125 Å². The van der Waals surface area contributed by atoms with E-state index in [0.717, 1.165) is 22.9 Å². The molecule has 0 saturated carbocycles. The van der Waals surface area contributed by atoms with Crippen LogP contribution in [0.4, 0.5) is 0 Å².